The molecule has 1 radical (unpaired) electrons. The molecule has 1 fully saturated rings. The van der Waals surface area contributed by atoms with Crippen molar-refractivity contribution in [2.24, 2.45) is 0 Å². The van der Waals surface area contributed by atoms with Crippen LogP contribution >= 0.6 is 11.6 Å². The summed E-state index contributed by atoms with van der Waals surface area (Å²) < 4.78 is 0. The van der Waals surface area contributed by atoms with Gasteiger partial charge in [-0.3, -0.25) is 9.80 Å². The Kier molecular flexibility index (Phi) is 6.63. The highest BCUT2D eigenvalue weighted by Crippen LogP contribution is 2.30. The SMILES string of the molecule is [O]Cc1ccccc1CN1CCN([C@H](c2ccccc2)c2ccc(Cl)cc2)CC1. The molecule has 149 valence electrons. The van der Waals surface area contributed by atoms with Crippen molar-refractivity contribution in [1.29, 1.82) is 0 Å². The number of hydrogen-bond acceptors (Lipinski definition) is 2. The smallest absolute Gasteiger partial charge is 0.108 e. The minimum atomic E-state index is -0.150. The second kappa shape index (κ2) is 9.55. The van der Waals surface area contributed by atoms with Crippen molar-refractivity contribution >= 4 is 11.6 Å². The summed E-state index contributed by atoms with van der Waals surface area (Å²) in [6, 6.07) is 27.1. The lowest BCUT2D eigenvalue weighted by Gasteiger charge is -2.40. The first-order chi connectivity index (χ1) is 14.2. The average Bonchev–Trinajstić information content (AvgIpc) is 2.77. The predicted octanol–water partition coefficient (Wildman–Crippen LogP) is 5.18. The molecule has 0 bridgehead atoms. The zero-order valence-electron chi connectivity index (χ0n) is 16.5. The topological polar surface area (TPSA) is 26.4 Å². The lowest BCUT2D eigenvalue weighted by atomic mass is 9.96. The van der Waals surface area contributed by atoms with Gasteiger partial charge in [0.2, 0.25) is 0 Å². The van der Waals surface area contributed by atoms with E-state index in [-0.39, 0.29) is 12.6 Å². The van der Waals surface area contributed by atoms with E-state index < -0.39 is 0 Å². The van der Waals surface area contributed by atoms with E-state index in [1.54, 1.807) is 0 Å². The van der Waals surface area contributed by atoms with Gasteiger partial charge in [0.15, 0.2) is 0 Å². The second-order valence-corrected chi connectivity index (χ2v) is 8.03. The Balaban J connectivity index is 1.49. The van der Waals surface area contributed by atoms with Gasteiger partial charge < -0.3 is 0 Å². The Labute approximate surface area is 178 Å². The number of rotatable bonds is 6. The molecule has 0 spiro atoms. The molecule has 1 atom stereocenters. The van der Waals surface area contributed by atoms with Crippen LogP contribution in [-0.2, 0) is 18.3 Å². The van der Waals surface area contributed by atoms with Gasteiger partial charge in [-0.25, -0.2) is 5.11 Å². The first-order valence-electron chi connectivity index (χ1n) is 10.2. The molecule has 3 aromatic rings. The molecule has 0 N–H and O–H groups in total. The Hall–Kier alpha value is -2.17. The van der Waals surface area contributed by atoms with Gasteiger partial charge in [-0.1, -0.05) is 78.3 Å². The summed E-state index contributed by atoms with van der Waals surface area (Å²) in [4.78, 5) is 5.00. The van der Waals surface area contributed by atoms with Gasteiger partial charge in [0.1, 0.15) is 6.61 Å². The molecule has 4 heteroatoms. The Morgan fingerprint density at radius 1 is 0.724 bits per heavy atom. The third-order valence-electron chi connectivity index (χ3n) is 5.74. The highest BCUT2D eigenvalue weighted by atomic mass is 35.5. The van der Waals surface area contributed by atoms with E-state index in [1.165, 1.54) is 11.1 Å². The van der Waals surface area contributed by atoms with Crippen molar-refractivity contribution in [3.05, 3.63) is 106 Å². The van der Waals surface area contributed by atoms with Gasteiger partial charge in [0, 0.05) is 37.7 Å². The second-order valence-electron chi connectivity index (χ2n) is 7.59. The molecule has 1 saturated heterocycles. The van der Waals surface area contributed by atoms with Crippen molar-refractivity contribution in [3.8, 4) is 0 Å². The molecule has 29 heavy (non-hydrogen) atoms. The number of hydrogen-bond donors (Lipinski definition) is 0. The quantitative estimate of drug-likeness (QED) is 0.565. The molecular formula is C25H26ClN2O. The van der Waals surface area contributed by atoms with Gasteiger partial charge in [-0.05, 0) is 34.4 Å². The normalized spacial score (nSPS) is 16.6. The minimum Gasteiger partial charge on any atom is -0.297 e. The van der Waals surface area contributed by atoms with Crippen molar-refractivity contribution in [1.82, 2.24) is 9.80 Å². The highest BCUT2D eigenvalue weighted by Gasteiger charge is 2.26. The summed E-state index contributed by atoms with van der Waals surface area (Å²) in [6.45, 7) is 4.66. The van der Waals surface area contributed by atoms with E-state index in [4.69, 9.17) is 11.6 Å². The van der Waals surface area contributed by atoms with Gasteiger partial charge in [0.05, 0.1) is 6.04 Å². The molecule has 4 rings (SSSR count). The molecule has 1 heterocycles. The van der Waals surface area contributed by atoms with Gasteiger partial charge >= 0.3 is 0 Å². The molecule has 0 aliphatic carbocycles. The first kappa shape index (κ1) is 20.1. The summed E-state index contributed by atoms with van der Waals surface area (Å²) >= 11 is 6.13. The predicted molar refractivity (Wildman–Crippen MR) is 117 cm³/mol. The maximum Gasteiger partial charge on any atom is 0.108 e. The van der Waals surface area contributed by atoms with Crippen LogP contribution in [0.2, 0.25) is 5.02 Å². The van der Waals surface area contributed by atoms with Gasteiger partial charge in [0.25, 0.3) is 0 Å². The molecule has 0 unspecified atom stereocenters. The highest BCUT2D eigenvalue weighted by molar-refractivity contribution is 6.30. The number of benzene rings is 3. The maximum absolute atomic E-state index is 11.4. The summed E-state index contributed by atoms with van der Waals surface area (Å²) in [7, 11) is 0. The fraction of sp³-hybridized carbons (Fsp3) is 0.280. The lowest BCUT2D eigenvalue weighted by molar-refractivity contribution is 0.104. The van der Waals surface area contributed by atoms with Crippen molar-refractivity contribution in [3.63, 3.8) is 0 Å². The van der Waals surface area contributed by atoms with Crippen LogP contribution in [0.3, 0.4) is 0 Å². The van der Waals surface area contributed by atoms with E-state index in [9.17, 15) is 5.11 Å². The Morgan fingerprint density at radius 3 is 1.97 bits per heavy atom. The largest absolute Gasteiger partial charge is 0.297 e. The summed E-state index contributed by atoms with van der Waals surface area (Å²) in [5.41, 5.74) is 4.65. The average molecular weight is 406 g/mol. The van der Waals surface area contributed by atoms with Crippen LogP contribution in [0.1, 0.15) is 28.3 Å². The van der Waals surface area contributed by atoms with Crippen LogP contribution in [0.5, 0.6) is 0 Å². The van der Waals surface area contributed by atoms with Crippen LogP contribution in [0, 0.1) is 0 Å². The van der Waals surface area contributed by atoms with Gasteiger partial charge in [-0.2, -0.15) is 0 Å². The fourth-order valence-electron chi connectivity index (χ4n) is 4.17. The number of piperazine rings is 1. The van der Waals surface area contributed by atoms with Crippen molar-refractivity contribution in [2.75, 3.05) is 26.2 Å². The van der Waals surface area contributed by atoms with E-state index in [2.05, 4.69) is 58.3 Å². The standard InChI is InChI=1S/C25H26ClN2O/c26-24-12-10-21(11-13-24)25(20-6-2-1-3-7-20)28-16-14-27(15-17-28)18-22-8-4-5-9-23(22)19-29/h1-13,25H,14-19H2/t25-/m1/s1. The summed E-state index contributed by atoms with van der Waals surface area (Å²) in [6.07, 6.45) is 0. The third kappa shape index (κ3) is 4.88. The van der Waals surface area contributed by atoms with E-state index >= 15 is 0 Å². The van der Waals surface area contributed by atoms with E-state index in [0.717, 1.165) is 48.9 Å². The van der Waals surface area contributed by atoms with Crippen LogP contribution in [0.25, 0.3) is 0 Å². The first-order valence-corrected chi connectivity index (χ1v) is 10.5. The molecular weight excluding hydrogens is 380 g/mol. The van der Waals surface area contributed by atoms with Crippen LogP contribution in [0.15, 0.2) is 78.9 Å². The molecule has 1 aliphatic rings. The van der Waals surface area contributed by atoms with Crippen LogP contribution in [-0.4, -0.2) is 36.0 Å². The maximum atomic E-state index is 11.4. The van der Waals surface area contributed by atoms with Gasteiger partial charge in [-0.15, -0.1) is 0 Å². The summed E-state index contributed by atoms with van der Waals surface area (Å²) in [5, 5.41) is 12.2. The molecule has 3 aromatic carbocycles. The third-order valence-corrected chi connectivity index (χ3v) is 5.99. The zero-order chi connectivity index (χ0) is 20.1. The monoisotopic (exact) mass is 405 g/mol. The van der Waals surface area contributed by atoms with Crippen molar-refractivity contribution in [2.45, 2.75) is 19.2 Å². The van der Waals surface area contributed by atoms with E-state index in [1.807, 2.05) is 30.3 Å². The number of nitrogens with zero attached hydrogens (tertiary/aromatic N) is 2. The van der Waals surface area contributed by atoms with Crippen LogP contribution in [0.4, 0.5) is 0 Å². The lowest BCUT2D eigenvalue weighted by Crippen LogP contribution is -2.47. The summed E-state index contributed by atoms with van der Waals surface area (Å²) in [5.74, 6) is 0. The number of halogens is 1. The Bertz CT molecular complexity index is 906. The molecule has 1 aliphatic heterocycles. The van der Waals surface area contributed by atoms with E-state index in [0.29, 0.717) is 0 Å². The van der Waals surface area contributed by atoms with Crippen LogP contribution < -0.4 is 0 Å². The molecule has 3 nitrogen and oxygen atoms in total. The molecule has 0 saturated carbocycles. The Morgan fingerprint density at radius 2 is 1.31 bits per heavy atom. The molecule has 0 aromatic heterocycles. The van der Waals surface area contributed by atoms with Crippen molar-refractivity contribution < 1.29 is 5.11 Å². The minimum absolute atomic E-state index is 0.150. The fourth-order valence-corrected chi connectivity index (χ4v) is 4.29. The molecule has 0 amide bonds. The zero-order valence-corrected chi connectivity index (χ0v) is 17.3.